The normalized spacial score (nSPS) is 28.4. The number of amides is 2. The van der Waals surface area contributed by atoms with E-state index >= 15 is 0 Å². The van der Waals surface area contributed by atoms with E-state index in [1.807, 2.05) is 37.3 Å². The van der Waals surface area contributed by atoms with Crippen molar-refractivity contribution in [1.29, 1.82) is 0 Å². The number of benzene rings is 3. The van der Waals surface area contributed by atoms with Crippen LogP contribution in [0.15, 0.2) is 66.7 Å². The van der Waals surface area contributed by atoms with Gasteiger partial charge in [-0.15, -0.1) is 0 Å². The molecule has 0 radical (unpaired) electrons. The third-order valence-electron chi connectivity index (χ3n) is 6.93. The molecule has 3 aliphatic carbocycles. The van der Waals surface area contributed by atoms with Crippen molar-refractivity contribution in [3.05, 3.63) is 99.6 Å². The van der Waals surface area contributed by atoms with Crippen LogP contribution in [0.4, 0.5) is 5.69 Å². The van der Waals surface area contributed by atoms with E-state index < -0.39 is 16.2 Å². The number of nitrogens with zero attached hydrogens (tertiary/aromatic N) is 1. The number of hydrogen-bond acceptors (Lipinski definition) is 2. The molecule has 0 saturated carbocycles. The summed E-state index contributed by atoms with van der Waals surface area (Å²) >= 11 is 10.3. The van der Waals surface area contributed by atoms with Crippen molar-refractivity contribution in [2.75, 3.05) is 4.90 Å². The van der Waals surface area contributed by atoms with Gasteiger partial charge in [-0.1, -0.05) is 82.1 Å². The Kier molecular flexibility index (Phi) is 3.70. The third-order valence-corrected chi connectivity index (χ3v) is 8.68. The molecule has 0 aromatic heterocycles. The molecule has 5 heteroatoms. The molecule has 148 valence electrons. The highest BCUT2D eigenvalue weighted by molar-refractivity contribution is 9.09. The highest BCUT2D eigenvalue weighted by Gasteiger charge is 2.67. The first-order valence-electron chi connectivity index (χ1n) is 9.96. The Morgan fingerprint density at radius 3 is 2.10 bits per heavy atom. The van der Waals surface area contributed by atoms with Gasteiger partial charge in [0.05, 0.1) is 21.8 Å². The van der Waals surface area contributed by atoms with E-state index in [0.717, 1.165) is 27.8 Å². The van der Waals surface area contributed by atoms with Gasteiger partial charge in [0.25, 0.3) is 0 Å². The van der Waals surface area contributed by atoms with Gasteiger partial charge in [-0.25, -0.2) is 4.90 Å². The van der Waals surface area contributed by atoms with Crippen LogP contribution >= 0.6 is 27.5 Å². The number of aryl methyl sites for hydroxylation is 1. The SMILES string of the molecule is Cc1ccc(N2C(=O)C3C4c5ccccc5C(Br)(c5ccccc54)C3C2=O)cc1Cl. The van der Waals surface area contributed by atoms with Gasteiger partial charge < -0.3 is 0 Å². The number of rotatable bonds is 1. The number of halogens is 2. The maximum atomic E-state index is 13.8. The van der Waals surface area contributed by atoms with E-state index in [9.17, 15) is 9.59 Å². The standard InChI is InChI=1S/C25H17BrClNO2/c1-13-10-11-14(12-19(13)27)28-23(29)21-20-15-6-2-4-8-17(15)25(26,22(21)24(28)30)18-9-5-3-7-16(18)20/h2-12,20-22H,1H3. The Morgan fingerprint density at radius 2 is 1.50 bits per heavy atom. The number of hydrogen-bond donors (Lipinski definition) is 0. The molecule has 3 aromatic carbocycles. The molecular weight excluding hydrogens is 462 g/mol. The molecule has 3 nitrogen and oxygen atoms in total. The first kappa shape index (κ1) is 18.3. The minimum atomic E-state index is -0.727. The Balaban J connectivity index is 1.60. The smallest absolute Gasteiger partial charge is 0.239 e. The molecule has 30 heavy (non-hydrogen) atoms. The zero-order chi connectivity index (χ0) is 20.8. The van der Waals surface area contributed by atoms with E-state index in [0.29, 0.717) is 10.7 Å². The minimum Gasteiger partial charge on any atom is -0.274 e. The average molecular weight is 479 g/mol. The molecule has 1 heterocycles. The molecule has 0 spiro atoms. The molecule has 1 aliphatic heterocycles. The van der Waals surface area contributed by atoms with Crippen LogP contribution in [0.1, 0.15) is 33.7 Å². The Labute approximate surface area is 187 Å². The highest BCUT2D eigenvalue weighted by Crippen LogP contribution is 2.66. The second kappa shape index (κ2) is 6.05. The van der Waals surface area contributed by atoms with Gasteiger partial charge in [-0.2, -0.15) is 0 Å². The molecular formula is C25H17BrClNO2. The van der Waals surface area contributed by atoms with Gasteiger partial charge in [-0.05, 0) is 46.9 Å². The number of alkyl halides is 1. The third kappa shape index (κ3) is 2.06. The predicted octanol–water partition coefficient (Wildman–Crippen LogP) is 5.55. The summed E-state index contributed by atoms with van der Waals surface area (Å²) < 4.78 is -0.727. The monoisotopic (exact) mass is 477 g/mol. The van der Waals surface area contributed by atoms with Crippen molar-refractivity contribution in [2.45, 2.75) is 17.2 Å². The molecule has 2 bridgehead atoms. The van der Waals surface area contributed by atoms with Crippen molar-refractivity contribution in [3.8, 4) is 0 Å². The summed E-state index contributed by atoms with van der Waals surface area (Å²) in [5.41, 5.74) is 5.87. The molecule has 2 unspecified atom stereocenters. The number of imide groups is 1. The van der Waals surface area contributed by atoms with Gasteiger partial charge >= 0.3 is 0 Å². The number of carbonyl (C=O) groups excluding carboxylic acids is 2. The van der Waals surface area contributed by atoms with E-state index in [-0.39, 0.29) is 17.7 Å². The van der Waals surface area contributed by atoms with Gasteiger partial charge in [0, 0.05) is 10.9 Å². The number of carbonyl (C=O) groups is 2. The van der Waals surface area contributed by atoms with Crippen molar-refractivity contribution >= 4 is 45.0 Å². The zero-order valence-electron chi connectivity index (χ0n) is 16.1. The lowest BCUT2D eigenvalue weighted by atomic mass is 9.55. The largest absolute Gasteiger partial charge is 0.274 e. The molecule has 1 fully saturated rings. The average Bonchev–Trinajstić information content (AvgIpc) is 3.02. The van der Waals surface area contributed by atoms with Crippen molar-refractivity contribution < 1.29 is 9.59 Å². The molecule has 4 aliphatic rings. The summed E-state index contributed by atoms with van der Waals surface area (Å²) in [6.07, 6.45) is 0. The highest BCUT2D eigenvalue weighted by atomic mass is 79.9. The van der Waals surface area contributed by atoms with Crippen molar-refractivity contribution in [3.63, 3.8) is 0 Å². The van der Waals surface area contributed by atoms with Crippen LogP contribution in [0, 0.1) is 18.8 Å². The van der Waals surface area contributed by atoms with Crippen LogP contribution in [0.5, 0.6) is 0 Å². The van der Waals surface area contributed by atoms with Gasteiger partial charge in [0.2, 0.25) is 11.8 Å². The molecule has 7 rings (SSSR count). The predicted molar refractivity (Wildman–Crippen MR) is 120 cm³/mol. The molecule has 2 atom stereocenters. The lowest BCUT2D eigenvalue weighted by Gasteiger charge is -2.51. The van der Waals surface area contributed by atoms with E-state index in [1.165, 1.54) is 4.90 Å². The van der Waals surface area contributed by atoms with E-state index in [1.54, 1.807) is 12.1 Å². The number of anilines is 1. The van der Waals surface area contributed by atoms with Crippen LogP contribution in [0.2, 0.25) is 5.02 Å². The topological polar surface area (TPSA) is 37.4 Å². The molecule has 2 amide bonds. The second-order valence-corrected chi connectivity index (χ2v) is 9.97. The molecule has 0 N–H and O–H groups in total. The summed E-state index contributed by atoms with van der Waals surface area (Å²) in [6, 6.07) is 21.7. The Bertz CT molecular complexity index is 1220. The summed E-state index contributed by atoms with van der Waals surface area (Å²) in [4.78, 5) is 28.9. The Hall–Kier alpha value is -2.43. The summed E-state index contributed by atoms with van der Waals surface area (Å²) in [6.45, 7) is 1.90. The van der Waals surface area contributed by atoms with Gasteiger partial charge in [0.15, 0.2) is 0 Å². The zero-order valence-corrected chi connectivity index (χ0v) is 18.4. The molecule has 1 saturated heterocycles. The van der Waals surface area contributed by atoms with Crippen molar-refractivity contribution in [2.24, 2.45) is 11.8 Å². The van der Waals surface area contributed by atoms with Crippen molar-refractivity contribution in [1.82, 2.24) is 0 Å². The fourth-order valence-corrected chi connectivity index (χ4v) is 7.03. The quantitative estimate of drug-likeness (QED) is 0.340. The van der Waals surface area contributed by atoms with Crippen LogP contribution < -0.4 is 4.90 Å². The lowest BCUT2D eigenvalue weighted by molar-refractivity contribution is -0.122. The Morgan fingerprint density at radius 1 is 0.900 bits per heavy atom. The van der Waals surface area contributed by atoms with Gasteiger partial charge in [-0.3, -0.25) is 9.59 Å². The minimum absolute atomic E-state index is 0.135. The fraction of sp³-hybridized carbons (Fsp3) is 0.200. The second-order valence-electron chi connectivity index (χ2n) is 8.31. The van der Waals surface area contributed by atoms with Gasteiger partial charge in [0.1, 0.15) is 0 Å². The van der Waals surface area contributed by atoms with Crippen LogP contribution in [-0.2, 0) is 13.9 Å². The summed E-state index contributed by atoms with van der Waals surface area (Å²) in [7, 11) is 0. The molecule has 3 aromatic rings. The van der Waals surface area contributed by atoms with E-state index in [4.69, 9.17) is 11.6 Å². The maximum Gasteiger partial charge on any atom is 0.239 e. The maximum absolute atomic E-state index is 13.8. The first-order chi connectivity index (χ1) is 14.4. The lowest BCUT2D eigenvalue weighted by Crippen LogP contribution is -2.50. The summed E-state index contributed by atoms with van der Waals surface area (Å²) in [5.74, 6) is -1.40. The van der Waals surface area contributed by atoms with Crippen LogP contribution in [-0.4, -0.2) is 11.8 Å². The first-order valence-corrected chi connectivity index (χ1v) is 11.1. The fourth-order valence-electron chi connectivity index (χ4n) is 5.65. The van der Waals surface area contributed by atoms with E-state index in [2.05, 4.69) is 40.2 Å². The van der Waals surface area contributed by atoms with Crippen LogP contribution in [0.3, 0.4) is 0 Å². The summed E-state index contributed by atoms with van der Waals surface area (Å²) in [5, 5.41) is 0.547. The van der Waals surface area contributed by atoms with Crippen LogP contribution in [0.25, 0.3) is 0 Å².